The Bertz CT molecular complexity index is 1270. The third-order valence-corrected chi connectivity index (χ3v) is 5.58. The summed E-state index contributed by atoms with van der Waals surface area (Å²) in [6.45, 7) is 3.12. The van der Waals surface area contributed by atoms with Crippen LogP contribution >= 0.6 is 0 Å². The Morgan fingerprint density at radius 3 is 2.88 bits per heavy atom. The number of nitrogens with zero attached hydrogens (tertiary/aromatic N) is 6. The van der Waals surface area contributed by atoms with E-state index in [-0.39, 0.29) is 6.04 Å². The second kappa shape index (κ2) is 8.04. The molecule has 0 aliphatic carbocycles. The fourth-order valence-corrected chi connectivity index (χ4v) is 3.85. The summed E-state index contributed by atoms with van der Waals surface area (Å²) in [6, 6.07) is 6.20. The molecule has 6 rings (SSSR count). The van der Waals surface area contributed by atoms with Crippen LogP contribution in [0.15, 0.2) is 43.1 Å². The highest BCUT2D eigenvalue weighted by atomic mass is 16.6. The van der Waals surface area contributed by atoms with E-state index in [1.807, 2.05) is 29.2 Å². The molecule has 1 N–H and O–H groups in total. The van der Waals surface area contributed by atoms with Crippen LogP contribution < -0.4 is 14.8 Å². The molecule has 0 unspecified atom stereocenters. The van der Waals surface area contributed by atoms with Gasteiger partial charge in [-0.05, 0) is 18.6 Å². The van der Waals surface area contributed by atoms with Gasteiger partial charge in [0.2, 0.25) is 0 Å². The van der Waals surface area contributed by atoms with Crippen molar-refractivity contribution in [2.45, 2.75) is 12.5 Å². The third-order valence-electron chi connectivity index (χ3n) is 5.58. The van der Waals surface area contributed by atoms with Gasteiger partial charge in [-0.25, -0.2) is 24.6 Å². The summed E-state index contributed by atoms with van der Waals surface area (Å²) in [5.41, 5.74) is 3.64. The van der Waals surface area contributed by atoms with Gasteiger partial charge in [0, 0.05) is 41.5 Å². The molecule has 10 nitrogen and oxygen atoms in total. The van der Waals surface area contributed by atoms with E-state index in [0.717, 1.165) is 45.8 Å². The number of rotatable bonds is 6. The van der Waals surface area contributed by atoms with Gasteiger partial charge in [0.25, 0.3) is 5.88 Å². The van der Waals surface area contributed by atoms with E-state index in [1.165, 1.54) is 0 Å². The zero-order valence-corrected chi connectivity index (χ0v) is 17.3. The predicted molar refractivity (Wildman–Crippen MR) is 116 cm³/mol. The zero-order valence-electron chi connectivity index (χ0n) is 17.3. The molecule has 0 radical (unpaired) electrons. The average molecular weight is 431 g/mol. The normalized spacial score (nSPS) is 15.5. The summed E-state index contributed by atoms with van der Waals surface area (Å²) in [6.07, 6.45) is 7.72. The third kappa shape index (κ3) is 3.48. The van der Waals surface area contributed by atoms with Crippen LogP contribution in [0.3, 0.4) is 0 Å². The fourth-order valence-electron chi connectivity index (χ4n) is 3.85. The van der Waals surface area contributed by atoms with Crippen LogP contribution in [0.2, 0.25) is 0 Å². The maximum atomic E-state index is 5.74. The molecule has 4 aromatic rings. The molecular weight excluding hydrogens is 410 g/mol. The Hall–Kier alpha value is -3.79. The number of hydrogen-bond acceptors (Lipinski definition) is 9. The number of anilines is 1. The van der Waals surface area contributed by atoms with Gasteiger partial charge in [-0.15, -0.1) is 0 Å². The van der Waals surface area contributed by atoms with E-state index in [9.17, 15) is 0 Å². The van der Waals surface area contributed by atoms with Gasteiger partial charge in [0.15, 0.2) is 11.4 Å². The predicted octanol–water partition coefficient (Wildman–Crippen LogP) is 2.28. The minimum absolute atomic E-state index is 0.267. The second-order valence-electron chi connectivity index (χ2n) is 7.68. The molecule has 4 aromatic heterocycles. The van der Waals surface area contributed by atoms with Crippen LogP contribution in [-0.2, 0) is 11.2 Å². The summed E-state index contributed by atoms with van der Waals surface area (Å²) in [5.74, 6) is 2.05. The molecule has 1 saturated heterocycles. The van der Waals surface area contributed by atoms with Crippen LogP contribution in [0, 0.1) is 0 Å². The maximum absolute atomic E-state index is 5.74. The van der Waals surface area contributed by atoms with Crippen LogP contribution in [0.4, 0.5) is 5.82 Å². The van der Waals surface area contributed by atoms with Gasteiger partial charge in [0.05, 0.1) is 25.1 Å². The number of ether oxygens (including phenoxy) is 3. The minimum atomic E-state index is 0.267. The van der Waals surface area contributed by atoms with Crippen molar-refractivity contribution in [3.05, 3.63) is 48.7 Å². The smallest absolute Gasteiger partial charge is 0.257 e. The first-order chi connectivity index (χ1) is 15.8. The van der Waals surface area contributed by atoms with Crippen LogP contribution in [0.1, 0.15) is 11.6 Å². The monoisotopic (exact) mass is 431 g/mol. The summed E-state index contributed by atoms with van der Waals surface area (Å²) in [7, 11) is 0. The van der Waals surface area contributed by atoms with Gasteiger partial charge >= 0.3 is 0 Å². The van der Waals surface area contributed by atoms with Gasteiger partial charge in [-0.3, -0.25) is 0 Å². The van der Waals surface area contributed by atoms with E-state index < -0.39 is 0 Å². The first kappa shape index (κ1) is 18.9. The standard InChI is InChI=1S/C22H21N7O3/c1(14-2-4-24-22-20(14)31-5-6-32-22)3-23-19-8-18(26-13-27-19)15-7-16-10-28-29(17-11-30-12-17)21(16)25-9-15/h2,4,7-10,13,17H,1,3,5-6,11-12H2,(H,23,26,27). The topological polar surface area (TPSA) is 109 Å². The number of fused-ring (bicyclic) bond motifs is 2. The van der Waals surface area contributed by atoms with Crippen LogP contribution in [0.5, 0.6) is 11.6 Å². The first-order valence-electron chi connectivity index (χ1n) is 10.6. The molecule has 0 spiro atoms. The van der Waals surface area contributed by atoms with Crippen LogP contribution in [-0.4, -0.2) is 62.7 Å². The van der Waals surface area contributed by atoms with E-state index in [0.29, 0.717) is 38.9 Å². The SMILES string of the molecule is c1nc(NCCc2ccnc3c2OCCO3)cc(-c2cnc3c(cnn3C3COC3)c2)n1. The molecule has 1 fully saturated rings. The molecule has 2 aliphatic rings. The fraction of sp³-hybridized carbons (Fsp3) is 0.318. The van der Waals surface area contributed by atoms with Crippen molar-refractivity contribution in [3.63, 3.8) is 0 Å². The summed E-state index contributed by atoms with van der Waals surface area (Å²) in [4.78, 5) is 17.6. The molecule has 162 valence electrons. The quantitative estimate of drug-likeness (QED) is 0.492. The molecule has 0 aromatic carbocycles. The van der Waals surface area contributed by atoms with Crippen molar-refractivity contribution < 1.29 is 14.2 Å². The molecule has 32 heavy (non-hydrogen) atoms. The first-order valence-corrected chi connectivity index (χ1v) is 10.6. The Balaban J connectivity index is 1.17. The number of nitrogens with one attached hydrogen (secondary N) is 1. The summed E-state index contributed by atoms with van der Waals surface area (Å²) >= 11 is 0. The molecule has 0 amide bonds. The van der Waals surface area contributed by atoms with Crippen molar-refractivity contribution in [1.29, 1.82) is 0 Å². The van der Waals surface area contributed by atoms with Crippen molar-refractivity contribution in [2.24, 2.45) is 0 Å². The highest BCUT2D eigenvalue weighted by molar-refractivity contribution is 5.80. The van der Waals surface area contributed by atoms with Gasteiger partial charge < -0.3 is 19.5 Å². The second-order valence-corrected chi connectivity index (χ2v) is 7.68. The Morgan fingerprint density at radius 1 is 1.03 bits per heavy atom. The lowest BCUT2D eigenvalue weighted by atomic mass is 10.1. The summed E-state index contributed by atoms with van der Waals surface area (Å²) in [5, 5.41) is 8.82. The van der Waals surface area contributed by atoms with E-state index in [1.54, 1.807) is 12.5 Å². The van der Waals surface area contributed by atoms with Crippen molar-refractivity contribution in [2.75, 3.05) is 38.3 Å². The van der Waals surface area contributed by atoms with Gasteiger partial charge in [0.1, 0.15) is 31.4 Å². The minimum Gasteiger partial charge on any atom is -0.484 e. The molecular formula is C22H21N7O3. The van der Waals surface area contributed by atoms with Crippen molar-refractivity contribution in [1.82, 2.24) is 29.7 Å². The lowest BCUT2D eigenvalue weighted by molar-refractivity contribution is -0.0269. The van der Waals surface area contributed by atoms with Gasteiger partial charge in [-0.1, -0.05) is 0 Å². The van der Waals surface area contributed by atoms with Crippen molar-refractivity contribution >= 4 is 16.9 Å². The number of pyridine rings is 2. The molecule has 0 saturated carbocycles. The molecule has 2 aliphatic heterocycles. The van der Waals surface area contributed by atoms with Crippen molar-refractivity contribution in [3.8, 4) is 22.9 Å². The van der Waals surface area contributed by atoms with E-state index in [2.05, 4.69) is 36.4 Å². The van der Waals surface area contributed by atoms with E-state index in [4.69, 9.17) is 14.2 Å². The lowest BCUT2D eigenvalue weighted by Crippen LogP contribution is -2.31. The molecule has 0 atom stereocenters. The molecule has 0 bridgehead atoms. The highest BCUT2D eigenvalue weighted by Gasteiger charge is 2.23. The average Bonchev–Trinajstić information content (AvgIpc) is 3.21. The Kier molecular flexibility index (Phi) is 4.76. The number of hydrogen-bond donors (Lipinski definition) is 1. The summed E-state index contributed by atoms with van der Waals surface area (Å²) < 4.78 is 18.5. The van der Waals surface area contributed by atoms with Crippen LogP contribution in [0.25, 0.3) is 22.3 Å². The highest BCUT2D eigenvalue weighted by Crippen LogP contribution is 2.31. The molecule has 6 heterocycles. The van der Waals surface area contributed by atoms with Gasteiger partial charge in [-0.2, -0.15) is 5.10 Å². The number of aromatic nitrogens is 6. The largest absolute Gasteiger partial charge is 0.484 e. The zero-order chi connectivity index (χ0) is 21.3. The Labute approximate surface area is 183 Å². The van der Waals surface area contributed by atoms with E-state index >= 15 is 0 Å². The molecule has 10 heteroatoms. The lowest BCUT2D eigenvalue weighted by Gasteiger charge is -2.26. The maximum Gasteiger partial charge on any atom is 0.257 e. The Morgan fingerprint density at radius 2 is 1.97 bits per heavy atom.